The van der Waals surface area contributed by atoms with Crippen molar-refractivity contribution in [3.8, 4) is 11.9 Å². The lowest BCUT2D eigenvalue weighted by Crippen LogP contribution is -2.34. The van der Waals surface area contributed by atoms with Crippen molar-refractivity contribution in [2.24, 2.45) is 0 Å². The van der Waals surface area contributed by atoms with Crippen LogP contribution >= 0.6 is 0 Å². The number of fused-ring (bicyclic) bond motifs is 1. The molecule has 3 aromatic heterocycles. The highest BCUT2D eigenvalue weighted by molar-refractivity contribution is 5.96. The number of ether oxygens (including phenoxy) is 3. The molecule has 2 aliphatic heterocycles. The first-order valence-electron chi connectivity index (χ1n) is 11.8. The minimum atomic E-state index is -2.75. The number of imidazole rings is 1. The summed E-state index contributed by atoms with van der Waals surface area (Å²) in [4.78, 5) is 21.3. The van der Waals surface area contributed by atoms with Crippen LogP contribution in [0, 0.1) is 11.3 Å². The fraction of sp³-hybridized carbons (Fsp3) is 0.435. The van der Waals surface area contributed by atoms with Crippen molar-refractivity contribution in [2.45, 2.75) is 38.0 Å². The van der Waals surface area contributed by atoms with Gasteiger partial charge in [-0.05, 0) is 25.0 Å². The topological polar surface area (TPSA) is 148 Å². The number of pyridine rings is 1. The summed E-state index contributed by atoms with van der Waals surface area (Å²) in [6.07, 6.45) is 0.901. The van der Waals surface area contributed by atoms with Gasteiger partial charge in [0.1, 0.15) is 23.7 Å². The highest BCUT2D eigenvalue weighted by Gasteiger charge is 2.22. The number of anilines is 3. The van der Waals surface area contributed by atoms with E-state index in [9.17, 15) is 18.8 Å². The average molecular weight is 514 g/mol. The second kappa shape index (κ2) is 10.9. The lowest BCUT2D eigenvalue weighted by molar-refractivity contribution is -0.0316. The molecule has 14 heteroatoms. The van der Waals surface area contributed by atoms with Gasteiger partial charge in [0.25, 0.3) is 12.3 Å². The Labute approximate surface area is 209 Å². The zero-order chi connectivity index (χ0) is 25.8. The predicted molar refractivity (Wildman–Crippen MR) is 126 cm³/mol. The van der Waals surface area contributed by atoms with E-state index in [1.165, 1.54) is 22.8 Å². The lowest BCUT2D eigenvalue weighted by Gasteiger charge is -2.27. The molecule has 2 saturated heterocycles. The van der Waals surface area contributed by atoms with E-state index in [0.29, 0.717) is 36.9 Å². The number of carbonyl (C=O) groups is 1. The molecule has 2 aliphatic rings. The van der Waals surface area contributed by atoms with Crippen molar-refractivity contribution in [1.82, 2.24) is 24.9 Å². The molecule has 2 atom stereocenters. The molecular weight excluding hydrogens is 490 g/mol. The van der Waals surface area contributed by atoms with Crippen LogP contribution in [0.4, 0.5) is 26.1 Å². The first-order chi connectivity index (χ1) is 18.0. The number of aromatic nitrogens is 4. The Kier molecular flexibility index (Phi) is 7.24. The fourth-order valence-electron chi connectivity index (χ4n) is 3.90. The average Bonchev–Trinajstić information content (AvgIpc) is 3.53. The Hall–Kier alpha value is -4.09. The summed E-state index contributed by atoms with van der Waals surface area (Å²) in [6, 6.07) is 6.65. The molecular formula is C23H24F2N8O4. The Morgan fingerprint density at radius 3 is 2.84 bits per heavy atom. The van der Waals surface area contributed by atoms with Gasteiger partial charge in [-0.1, -0.05) is 0 Å². The highest BCUT2D eigenvalue weighted by atomic mass is 19.3. The van der Waals surface area contributed by atoms with E-state index >= 15 is 0 Å². The molecule has 2 unspecified atom stereocenters. The maximum atomic E-state index is 12.9. The molecule has 2 fully saturated rings. The van der Waals surface area contributed by atoms with Crippen molar-refractivity contribution < 1.29 is 27.8 Å². The van der Waals surface area contributed by atoms with Crippen LogP contribution in [0.25, 0.3) is 5.65 Å². The quantitative estimate of drug-likeness (QED) is 0.368. The standard InChI is InChI=1S/C23H24F2N8O4/c24-17(25)12-37-23-15(22(34)28-11-14-2-1-6-35-14)3-4-18(31-23)29-16-8-19(30-20-5-7-36-20)32-33-13(9-26)10-27-21(16)33/h3-4,8,10,14,17,20H,1-2,5-7,11-12H2,(H,28,34)(H,29,31)(H,30,32). The van der Waals surface area contributed by atoms with Gasteiger partial charge in [0.2, 0.25) is 5.88 Å². The lowest BCUT2D eigenvalue weighted by atomic mass is 10.2. The first kappa shape index (κ1) is 24.6. The SMILES string of the molecule is N#Cc1cnc2c(Nc3ccc(C(=O)NCC4CCCO4)c(OCC(F)F)n3)cc(NC3CCO3)nn12. The maximum absolute atomic E-state index is 12.9. The van der Waals surface area contributed by atoms with Gasteiger partial charge in [0, 0.05) is 25.6 Å². The highest BCUT2D eigenvalue weighted by Crippen LogP contribution is 2.27. The van der Waals surface area contributed by atoms with Crippen LogP contribution in [0.1, 0.15) is 35.3 Å². The van der Waals surface area contributed by atoms with Gasteiger partial charge >= 0.3 is 0 Å². The minimum absolute atomic E-state index is 0.0149. The third-order valence-electron chi connectivity index (χ3n) is 5.82. The molecule has 0 radical (unpaired) electrons. The number of alkyl halides is 2. The zero-order valence-electron chi connectivity index (χ0n) is 19.6. The van der Waals surface area contributed by atoms with E-state index in [4.69, 9.17) is 14.2 Å². The second-order valence-electron chi connectivity index (χ2n) is 8.45. The van der Waals surface area contributed by atoms with E-state index in [1.54, 1.807) is 6.07 Å². The van der Waals surface area contributed by atoms with Crippen LogP contribution in [-0.2, 0) is 9.47 Å². The third-order valence-corrected chi connectivity index (χ3v) is 5.82. The molecule has 0 spiro atoms. The molecule has 194 valence electrons. The number of hydrogen-bond acceptors (Lipinski definition) is 10. The summed E-state index contributed by atoms with van der Waals surface area (Å²) in [7, 11) is 0. The van der Waals surface area contributed by atoms with Gasteiger partial charge in [-0.15, -0.1) is 5.10 Å². The molecule has 37 heavy (non-hydrogen) atoms. The van der Waals surface area contributed by atoms with Crippen LogP contribution in [-0.4, -0.2) is 70.6 Å². The smallest absolute Gasteiger partial charge is 0.272 e. The van der Waals surface area contributed by atoms with Crippen molar-refractivity contribution in [2.75, 3.05) is 37.0 Å². The Morgan fingerprint density at radius 1 is 1.27 bits per heavy atom. The maximum Gasteiger partial charge on any atom is 0.272 e. The van der Waals surface area contributed by atoms with Crippen LogP contribution in [0.5, 0.6) is 5.88 Å². The number of nitriles is 1. The minimum Gasteiger partial charge on any atom is -0.471 e. The molecule has 5 heterocycles. The van der Waals surface area contributed by atoms with Gasteiger partial charge in [0.05, 0.1) is 24.6 Å². The molecule has 0 aliphatic carbocycles. The van der Waals surface area contributed by atoms with Gasteiger partial charge in [-0.25, -0.2) is 13.8 Å². The van der Waals surface area contributed by atoms with Crippen molar-refractivity contribution in [3.63, 3.8) is 0 Å². The van der Waals surface area contributed by atoms with E-state index in [1.807, 2.05) is 6.07 Å². The van der Waals surface area contributed by atoms with Gasteiger partial charge in [-0.2, -0.15) is 14.8 Å². The number of rotatable bonds is 10. The van der Waals surface area contributed by atoms with Crippen LogP contribution < -0.4 is 20.7 Å². The van der Waals surface area contributed by atoms with E-state index in [-0.39, 0.29) is 35.3 Å². The summed E-state index contributed by atoms with van der Waals surface area (Å²) < 4.78 is 43.2. The van der Waals surface area contributed by atoms with Gasteiger partial charge in [0.15, 0.2) is 23.8 Å². The number of nitrogens with one attached hydrogen (secondary N) is 3. The molecule has 0 bridgehead atoms. The Balaban J connectivity index is 1.41. The third kappa shape index (κ3) is 5.68. The number of carbonyl (C=O) groups excluding carboxylic acids is 1. The number of nitrogens with zero attached hydrogens (tertiary/aromatic N) is 5. The summed E-state index contributed by atoms with van der Waals surface area (Å²) in [5, 5.41) is 22.7. The summed E-state index contributed by atoms with van der Waals surface area (Å²) in [5.41, 5.74) is 0.998. The van der Waals surface area contributed by atoms with Crippen LogP contribution in [0.2, 0.25) is 0 Å². The molecule has 1 amide bonds. The van der Waals surface area contributed by atoms with E-state index < -0.39 is 18.9 Å². The van der Waals surface area contributed by atoms with Crippen LogP contribution in [0.3, 0.4) is 0 Å². The monoisotopic (exact) mass is 514 g/mol. The second-order valence-corrected chi connectivity index (χ2v) is 8.45. The number of amides is 1. The molecule has 5 rings (SSSR count). The molecule has 3 N–H and O–H groups in total. The van der Waals surface area contributed by atoms with Gasteiger partial charge in [-0.3, -0.25) is 4.79 Å². The summed E-state index contributed by atoms with van der Waals surface area (Å²) in [6.45, 7) is 0.649. The zero-order valence-corrected chi connectivity index (χ0v) is 19.6. The predicted octanol–water partition coefficient (Wildman–Crippen LogP) is 2.45. The molecule has 3 aromatic rings. The molecule has 0 saturated carbocycles. The first-order valence-corrected chi connectivity index (χ1v) is 11.8. The van der Waals surface area contributed by atoms with E-state index in [2.05, 4.69) is 31.0 Å². The normalized spacial score (nSPS) is 18.9. The molecule has 12 nitrogen and oxygen atoms in total. The Bertz CT molecular complexity index is 1320. The summed E-state index contributed by atoms with van der Waals surface area (Å²) >= 11 is 0. The van der Waals surface area contributed by atoms with Crippen molar-refractivity contribution in [1.29, 1.82) is 5.26 Å². The summed E-state index contributed by atoms with van der Waals surface area (Å²) in [5.74, 6) is -0.125. The largest absolute Gasteiger partial charge is 0.471 e. The fourth-order valence-corrected chi connectivity index (χ4v) is 3.90. The molecule has 0 aromatic carbocycles. The van der Waals surface area contributed by atoms with Crippen LogP contribution in [0.15, 0.2) is 24.4 Å². The van der Waals surface area contributed by atoms with E-state index in [0.717, 1.165) is 19.3 Å². The number of hydrogen-bond donors (Lipinski definition) is 3. The van der Waals surface area contributed by atoms with Gasteiger partial charge < -0.3 is 30.2 Å². The van der Waals surface area contributed by atoms with Crippen molar-refractivity contribution >= 4 is 28.9 Å². The Morgan fingerprint density at radius 2 is 2.14 bits per heavy atom. The number of halogens is 2. The van der Waals surface area contributed by atoms with Crippen molar-refractivity contribution in [3.05, 3.63) is 35.7 Å².